The molecule has 3 fully saturated rings. The van der Waals surface area contributed by atoms with Crippen molar-refractivity contribution in [2.45, 2.75) is 90.0 Å². The molecule has 302 valence electrons. The predicted molar refractivity (Wildman–Crippen MR) is 196 cm³/mol. The lowest BCUT2D eigenvalue weighted by Gasteiger charge is -2.42. The zero-order chi connectivity index (χ0) is 40.5. The second-order valence-electron chi connectivity index (χ2n) is 16.1. The standard InChI is InChI=1S/C37H41F5N6O7S/c1-35(2,3)54-33(50)46-32-44-28-20(9-10-23(38)29(28)56-32)25-22(37(40,41)42)11-21-27(26(25)39)43-31(53-15-17-14-52-16-24(17)49)45-30(21)47-12-18-7-8-19(13-47)48(18)34(51)55-36(4,5)6/h9-11,17-19,24,49H,7-8,12-16H2,1-6H3,(H,44,46,50). The van der Waals surface area contributed by atoms with Crippen LogP contribution >= 0.6 is 11.3 Å². The highest BCUT2D eigenvalue weighted by Gasteiger charge is 2.46. The SMILES string of the molecule is CC(C)(C)OC(=O)Nc1nc2c(-c3c(C(F)(F)F)cc4c(N5CC6CCC(C5)N6C(=O)OC(C)(C)C)nc(OCC5COCC5O)nc4c3F)ccc(F)c2s1. The highest BCUT2D eigenvalue weighted by atomic mass is 32.1. The summed E-state index contributed by atoms with van der Waals surface area (Å²) in [4.78, 5) is 42.0. The molecule has 0 aliphatic carbocycles. The Hall–Kier alpha value is -4.62. The van der Waals surface area contributed by atoms with Crippen molar-refractivity contribution >= 4 is 55.6 Å². The molecule has 2 aromatic carbocycles. The second kappa shape index (κ2) is 14.4. The van der Waals surface area contributed by atoms with Crippen LogP contribution in [-0.2, 0) is 20.4 Å². The minimum atomic E-state index is -5.14. The van der Waals surface area contributed by atoms with Crippen molar-refractivity contribution in [3.05, 3.63) is 35.4 Å². The first-order chi connectivity index (χ1) is 26.2. The molecule has 19 heteroatoms. The van der Waals surface area contributed by atoms with Gasteiger partial charge < -0.3 is 29.0 Å². The highest BCUT2D eigenvalue weighted by Crippen LogP contribution is 2.47. The number of aliphatic hydroxyl groups is 1. The maximum absolute atomic E-state index is 17.2. The lowest BCUT2D eigenvalue weighted by Crippen LogP contribution is -2.57. The number of carbonyl (C=O) groups is 2. The number of halogens is 5. The third-order valence-corrected chi connectivity index (χ3v) is 10.5. The monoisotopic (exact) mass is 808 g/mol. The molecule has 2 aromatic heterocycles. The van der Waals surface area contributed by atoms with E-state index in [9.17, 15) is 14.7 Å². The Morgan fingerprint density at radius 3 is 2.25 bits per heavy atom. The van der Waals surface area contributed by atoms with Gasteiger partial charge in [0.1, 0.15) is 28.4 Å². The fourth-order valence-corrected chi connectivity index (χ4v) is 8.10. The lowest BCUT2D eigenvalue weighted by atomic mass is 9.95. The van der Waals surface area contributed by atoms with Gasteiger partial charge in [-0.05, 0) is 72.6 Å². The second-order valence-corrected chi connectivity index (χ2v) is 17.1. The topological polar surface area (TPSA) is 148 Å². The number of nitrogens with zero attached hydrogens (tertiary/aromatic N) is 5. The first-order valence-electron chi connectivity index (χ1n) is 18.0. The average molecular weight is 809 g/mol. The molecule has 3 aliphatic rings. The molecule has 4 unspecified atom stereocenters. The number of anilines is 2. The first kappa shape index (κ1) is 39.6. The van der Waals surface area contributed by atoms with Gasteiger partial charge in [-0.25, -0.2) is 23.4 Å². The van der Waals surface area contributed by atoms with E-state index in [1.54, 1.807) is 51.3 Å². The zero-order valence-electron chi connectivity index (χ0n) is 31.4. The fourth-order valence-electron chi connectivity index (χ4n) is 7.22. The molecule has 2 N–H and O–H groups in total. The molecular formula is C37H41F5N6O7S. The van der Waals surface area contributed by atoms with Crippen molar-refractivity contribution in [2.24, 2.45) is 5.92 Å². The summed E-state index contributed by atoms with van der Waals surface area (Å²) in [7, 11) is 0. The number of aromatic nitrogens is 3. The number of hydrogen-bond acceptors (Lipinski definition) is 12. The smallest absolute Gasteiger partial charge is 0.417 e. The van der Waals surface area contributed by atoms with Crippen LogP contribution in [-0.4, -0.2) is 99.4 Å². The van der Waals surface area contributed by atoms with Crippen LogP contribution in [0.15, 0.2) is 18.2 Å². The molecule has 3 aliphatic heterocycles. The molecule has 0 radical (unpaired) electrons. The van der Waals surface area contributed by atoms with Crippen LogP contribution in [0.5, 0.6) is 6.01 Å². The van der Waals surface area contributed by atoms with Crippen LogP contribution < -0.4 is 15.0 Å². The zero-order valence-corrected chi connectivity index (χ0v) is 32.2. The third-order valence-electron chi connectivity index (χ3n) is 9.55. The van der Waals surface area contributed by atoms with E-state index in [0.717, 1.165) is 18.2 Å². The average Bonchev–Trinajstić information content (AvgIpc) is 3.77. The largest absolute Gasteiger partial charge is 0.463 e. The number of rotatable bonds is 6. The maximum atomic E-state index is 17.2. The summed E-state index contributed by atoms with van der Waals surface area (Å²) in [6.45, 7) is 10.5. The Morgan fingerprint density at radius 1 is 0.964 bits per heavy atom. The predicted octanol–water partition coefficient (Wildman–Crippen LogP) is 7.52. The Kier molecular flexibility index (Phi) is 10.2. The van der Waals surface area contributed by atoms with Gasteiger partial charge in [0.25, 0.3) is 0 Å². The Balaban J connectivity index is 1.36. The molecule has 7 rings (SSSR count). The number of hydrogen-bond donors (Lipinski definition) is 2. The summed E-state index contributed by atoms with van der Waals surface area (Å²) < 4.78 is 99.6. The summed E-state index contributed by atoms with van der Waals surface area (Å²) in [5.74, 6) is -2.77. The molecule has 4 aromatic rings. The van der Waals surface area contributed by atoms with Crippen molar-refractivity contribution < 1.29 is 55.6 Å². The van der Waals surface area contributed by atoms with Gasteiger partial charge in [0.15, 0.2) is 10.9 Å². The van der Waals surface area contributed by atoms with Gasteiger partial charge in [-0.3, -0.25) is 10.2 Å². The number of aliphatic hydroxyl groups excluding tert-OH is 1. The van der Waals surface area contributed by atoms with Crippen LogP contribution in [0.4, 0.5) is 42.5 Å². The van der Waals surface area contributed by atoms with E-state index < -0.39 is 75.4 Å². The van der Waals surface area contributed by atoms with Gasteiger partial charge in [0.2, 0.25) is 0 Å². The number of thiazole rings is 1. The summed E-state index contributed by atoms with van der Waals surface area (Å²) in [5, 5.41) is 12.2. The first-order valence-corrected chi connectivity index (χ1v) is 18.8. The van der Waals surface area contributed by atoms with E-state index in [0.29, 0.717) is 24.2 Å². The van der Waals surface area contributed by atoms with Crippen molar-refractivity contribution in [1.82, 2.24) is 19.9 Å². The minimum absolute atomic E-state index is 0.0494. The number of ether oxygens (including phenoxy) is 4. The van der Waals surface area contributed by atoms with E-state index in [4.69, 9.17) is 18.9 Å². The van der Waals surface area contributed by atoms with E-state index >= 15 is 22.0 Å². The molecule has 4 atom stereocenters. The molecule has 3 saturated heterocycles. The molecule has 0 saturated carbocycles. The summed E-state index contributed by atoms with van der Waals surface area (Å²) in [6.07, 6.45) is -6.24. The molecule has 0 spiro atoms. The van der Waals surface area contributed by atoms with Gasteiger partial charge in [0.05, 0.1) is 53.8 Å². The van der Waals surface area contributed by atoms with E-state index in [1.807, 2.05) is 0 Å². The molecule has 2 bridgehead atoms. The quantitative estimate of drug-likeness (QED) is 0.186. The number of benzene rings is 2. The normalized spacial score (nSPS) is 21.6. The van der Waals surface area contributed by atoms with Gasteiger partial charge in [-0.2, -0.15) is 23.1 Å². The Morgan fingerprint density at radius 2 is 1.64 bits per heavy atom. The van der Waals surface area contributed by atoms with Crippen molar-refractivity contribution in [3.8, 4) is 17.1 Å². The third kappa shape index (κ3) is 7.98. The summed E-state index contributed by atoms with van der Waals surface area (Å²) in [5.41, 5.74) is -5.25. The Labute approximate surface area is 322 Å². The van der Waals surface area contributed by atoms with Gasteiger partial charge in [-0.15, -0.1) is 0 Å². The number of piperazine rings is 1. The van der Waals surface area contributed by atoms with E-state index in [1.165, 1.54) is 0 Å². The van der Waals surface area contributed by atoms with Crippen LogP contribution in [0.3, 0.4) is 0 Å². The molecule has 5 heterocycles. The lowest BCUT2D eigenvalue weighted by molar-refractivity contribution is -0.137. The van der Waals surface area contributed by atoms with Crippen LogP contribution in [0.1, 0.15) is 59.9 Å². The number of amides is 2. The molecule has 13 nitrogen and oxygen atoms in total. The van der Waals surface area contributed by atoms with Crippen molar-refractivity contribution in [3.63, 3.8) is 0 Å². The molecule has 2 amide bonds. The minimum Gasteiger partial charge on any atom is -0.463 e. The van der Waals surface area contributed by atoms with Crippen LogP contribution in [0.2, 0.25) is 0 Å². The number of carbonyl (C=O) groups excluding carboxylic acids is 2. The fraction of sp³-hybridized carbons (Fsp3) is 0.541. The number of nitrogens with one attached hydrogen (secondary N) is 1. The van der Waals surface area contributed by atoms with E-state index in [-0.39, 0.29) is 77.6 Å². The van der Waals surface area contributed by atoms with Crippen LogP contribution in [0.25, 0.3) is 32.2 Å². The number of fused-ring (bicyclic) bond motifs is 4. The highest BCUT2D eigenvalue weighted by molar-refractivity contribution is 7.22. The molecular weight excluding hydrogens is 767 g/mol. The van der Waals surface area contributed by atoms with Gasteiger partial charge >= 0.3 is 24.4 Å². The molecule has 56 heavy (non-hydrogen) atoms. The van der Waals surface area contributed by atoms with Crippen LogP contribution in [0, 0.1) is 17.6 Å². The summed E-state index contributed by atoms with van der Waals surface area (Å²) in [6, 6.07) is 1.52. The van der Waals surface area contributed by atoms with Gasteiger partial charge in [0, 0.05) is 35.5 Å². The number of alkyl halides is 3. The van der Waals surface area contributed by atoms with Crippen molar-refractivity contribution in [1.29, 1.82) is 0 Å². The maximum Gasteiger partial charge on any atom is 0.417 e. The van der Waals surface area contributed by atoms with Crippen molar-refractivity contribution in [2.75, 3.05) is 43.1 Å². The van der Waals surface area contributed by atoms with E-state index in [2.05, 4.69) is 20.3 Å². The Bertz CT molecular complexity index is 2180. The summed E-state index contributed by atoms with van der Waals surface area (Å²) >= 11 is 0.642. The van der Waals surface area contributed by atoms with Gasteiger partial charge in [-0.1, -0.05) is 11.3 Å².